The maximum absolute atomic E-state index is 12.7. The van der Waals surface area contributed by atoms with Gasteiger partial charge in [-0.3, -0.25) is 9.59 Å². The molecule has 2 rings (SSSR count). The minimum atomic E-state index is -0.534. The van der Waals surface area contributed by atoms with Gasteiger partial charge in [-0.15, -0.1) is 0 Å². The second-order valence-electron chi connectivity index (χ2n) is 9.80. The normalized spacial score (nSPS) is 20.5. The maximum Gasteiger partial charge on any atom is 0.328 e. The Kier molecular flexibility index (Phi) is 9.76. The topological polar surface area (TPSA) is 64.6 Å². The molecule has 0 radical (unpaired) electrons. The molecule has 2 fully saturated rings. The molecule has 0 aliphatic heterocycles. The number of hydrogen-bond donors (Lipinski definition) is 1. The van der Waals surface area contributed by atoms with Gasteiger partial charge in [-0.05, 0) is 46.0 Å². The van der Waals surface area contributed by atoms with Crippen molar-refractivity contribution in [1.82, 2.24) is 5.48 Å². The van der Waals surface area contributed by atoms with Crippen molar-refractivity contribution in [2.24, 2.45) is 11.8 Å². The number of esters is 1. The first kappa shape index (κ1) is 23.2. The van der Waals surface area contributed by atoms with Gasteiger partial charge in [0.25, 0.3) is 0 Å². The van der Waals surface area contributed by atoms with Crippen molar-refractivity contribution >= 4 is 11.9 Å². The Morgan fingerprint density at radius 3 is 2.18 bits per heavy atom. The summed E-state index contributed by atoms with van der Waals surface area (Å²) in [6, 6.07) is 0.252. The highest BCUT2D eigenvalue weighted by Crippen LogP contribution is 2.29. The SMILES string of the molecule is CC(C)(C)OC(=O)C[C@@H](CCCC1CCCCC1)C(=O)ONC1CCCCC1. The zero-order valence-corrected chi connectivity index (χ0v) is 18.3. The Bertz CT molecular complexity index is 473. The van der Waals surface area contributed by atoms with Crippen LogP contribution < -0.4 is 5.48 Å². The van der Waals surface area contributed by atoms with Crippen LogP contribution in [0.1, 0.15) is 111 Å². The fourth-order valence-corrected chi connectivity index (χ4v) is 4.46. The third-order valence-corrected chi connectivity index (χ3v) is 5.99. The van der Waals surface area contributed by atoms with E-state index in [1.54, 1.807) is 0 Å². The number of ether oxygens (including phenoxy) is 1. The minimum Gasteiger partial charge on any atom is -0.460 e. The Morgan fingerprint density at radius 2 is 1.57 bits per heavy atom. The monoisotopic (exact) mass is 395 g/mol. The second kappa shape index (κ2) is 11.8. The van der Waals surface area contributed by atoms with Gasteiger partial charge in [-0.1, -0.05) is 64.2 Å². The van der Waals surface area contributed by atoms with Gasteiger partial charge in [0.2, 0.25) is 0 Å². The van der Waals surface area contributed by atoms with Crippen molar-refractivity contribution in [3.63, 3.8) is 0 Å². The standard InChI is InChI=1S/C23H41NO4/c1-23(2,3)27-21(25)17-19(14-10-13-18-11-6-4-7-12-18)22(26)28-24-20-15-8-5-9-16-20/h18-20,24H,4-17H2,1-3H3/t19-/m1/s1. The molecule has 5 heteroatoms. The molecular weight excluding hydrogens is 354 g/mol. The van der Waals surface area contributed by atoms with E-state index in [0.717, 1.165) is 31.6 Å². The third kappa shape index (κ3) is 9.40. The Hall–Kier alpha value is -1.10. The molecule has 0 bridgehead atoms. The first-order valence-corrected chi connectivity index (χ1v) is 11.5. The van der Waals surface area contributed by atoms with E-state index in [-0.39, 0.29) is 24.4 Å². The highest BCUT2D eigenvalue weighted by atomic mass is 16.7. The van der Waals surface area contributed by atoms with Crippen LogP contribution in [-0.4, -0.2) is 23.6 Å². The highest BCUT2D eigenvalue weighted by Gasteiger charge is 2.28. The molecule has 2 aliphatic rings. The largest absolute Gasteiger partial charge is 0.460 e. The molecule has 5 nitrogen and oxygen atoms in total. The van der Waals surface area contributed by atoms with Crippen LogP contribution >= 0.6 is 0 Å². The zero-order chi connectivity index (χ0) is 20.4. The number of hydroxylamine groups is 1. The molecule has 0 saturated heterocycles. The lowest BCUT2D eigenvalue weighted by Crippen LogP contribution is -2.36. The summed E-state index contributed by atoms with van der Waals surface area (Å²) in [6.07, 6.45) is 15.3. The number of carbonyl (C=O) groups is 2. The van der Waals surface area contributed by atoms with Gasteiger partial charge in [-0.2, -0.15) is 5.48 Å². The van der Waals surface area contributed by atoms with E-state index in [9.17, 15) is 9.59 Å². The molecule has 162 valence electrons. The van der Waals surface area contributed by atoms with Crippen LogP contribution in [0, 0.1) is 11.8 Å². The first-order valence-electron chi connectivity index (χ1n) is 11.5. The molecule has 0 aromatic rings. The molecule has 0 amide bonds. The molecule has 0 unspecified atom stereocenters. The molecule has 0 aromatic carbocycles. The van der Waals surface area contributed by atoms with Crippen LogP contribution in [0.4, 0.5) is 0 Å². The maximum atomic E-state index is 12.7. The fraction of sp³-hybridized carbons (Fsp3) is 0.913. The molecule has 2 aliphatic carbocycles. The quantitative estimate of drug-likeness (QED) is 0.414. The summed E-state index contributed by atoms with van der Waals surface area (Å²) in [5, 5.41) is 0. The van der Waals surface area contributed by atoms with E-state index in [0.29, 0.717) is 6.42 Å². The predicted molar refractivity (Wildman–Crippen MR) is 110 cm³/mol. The summed E-state index contributed by atoms with van der Waals surface area (Å²) in [5.41, 5.74) is 2.43. The molecule has 28 heavy (non-hydrogen) atoms. The molecule has 1 atom stereocenters. The average Bonchev–Trinajstić information content (AvgIpc) is 2.65. The van der Waals surface area contributed by atoms with E-state index in [1.165, 1.54) is 51.4 Å². The lowest BCUT2D eigenvalue weighted by molar-refractivity contribution is -0.166. The summed E-state index contributed by atoms with van der Waals surface area (Å²) < 4.78 is 5.44. The molecule has 0 spiro atoms. The lowest BCUT2D eigenvalue weighted by atomic mass is 9.84. The zero-order valence-electron chi connectivity index (χ0n) is 18.3. The van der Waals surface area contributed by atoms with Crippen LogP contribution in [0.25, 0.3) is 0 Å². The van der Waals surface area contributed by atoms with Crippen molar-refractivity contribution in [3.8, 4) is 0 Å². The number of nitrogens with one attached hydrogen (secondary N) is 1. The van der Waals surface area contributed by atoms with Crippen molar-refractivity contribution in [3.05, 3.63) is 0 Å². The summed E-state index contributed by atoms with van der Waals surface area (Å²) in [4.78, 5) is 30.4. The van der Waals surface area contributed by atoms with Crippen LogP contribution in [-0.2, 0) is 19.2 Å². The number of rotatable bonds is 9. The van der Waals surface area contributed by atoms with Crippen LogP contribution in [0.2, 0.25) is 0 Å². The van der Waals surface area contributed by atoms with Crippen molar-refractivity contribution in [2.75, 3.05) is 0 Å². The van der Waals surface area contributed by atoms with Crippen molar-refractivity contribution < 1.29 is 19.2 Å². The average molecular weight is 396 g/mol. The van der Waals surface area contributed by atoms with Gasteiger partial charge in [0.1, 0.15) is 5.60 Å². The summed E-state index contributed by atoms with van der Waals surface area (Å²) in [7, 11) is 0. The summed E-state index contributed by atoms with van der Waals surface area (Å²) >= 11 is 0. The van der Waals surface area contributed by atoms with Crippen LogP contribution in [0.15, 0.2) is 0 Å². The van der Waals surface area contributed by atoms with Gasteiger partial charge in [0, 0.05) is 6.04 Å². The molecule has 0 heterocycles. The highest BCUT2D eigenvalue weighted by molar-refractivity contribution is 5.80. The Morgan fingerprint density at radius 1 is 0.964 bits per heavy atom. The number of hydrogen-bond acceptors (Lipinski definition) is 5. The van der Waals surface area contributed by atoms with Crippen LogP contribution in [0.5, 0.6) is 0 Å². The van der Waals surface area contributed by atoms with Crippen molar-refractivity contribution in [2.45, 2.75) is 122 Å². The first-order chi connectivity index (χ1) is 13.3. The van der Waals surface area contributed by atoms with E-state index in [1.807, 2.05) is 20.8 Å². The molecule has 2 saturated carbocycles. The van der Waals surface area contributed by atoms with E-state index >= 15 is 0 Å². The predicted octanol–water partition coefficient (Wildman–Crippen LogP) is 5.47. The van der Waals surface area contributed by atoms with E-state index in [2.05, 4.69) is 5.48 Å². The number of carbonyl (C=O) groups excluding carboxylic acids is 2. The van der Waals surface area contributed by atoms with Crippen molar-refractivity contribution in [1.29, 1.82) is 0 Å². The lowest BCUT2D eigenvalue weighted by Gasteiger charge is -2.25. The van der Waals surface area contributed by atoms with Crippen LogP contribution in [0.3, 0.4) is 0 Å². The van der Waals surface area contributed by atoms with Gasteiger partial charge < -0.3 is 9.57 Å². The minimum absolute atomic E-state index is 0.104. The molecule has 0 aromatic heterocycles. The summed E-state index contributed by atoms with van der Waals surface area (Å²) in [5.74, 6) is -0.258. The van der Waals surface area contributed by atoms with Gasteiger partial charge >= 0.3 is 11.9 Å². The van der Waals surface area contributed by atoms with Gasteiger partial charge in [-0.25, -0.2) is 0 Å². The summed E-state index contributed by atoms with van der Waals surface area (Å²) in [6.45, 7) is 5.56. The third-order valence-electron chi connectivity index (χ3n) is 5.99. The van der Waals surface area contributed by atoms with E-state index in [4.69, 9.17) is 9.57 Å². The smallest absolute Gasteiger partial charge is 0.328 e. The molecular formula is C23H41NO4. The van der Waals surface area contributed by atoms with E-state index < -0.39 is 11.5 Å². The van der Waals surface area contributed by atoms with Gasteiger partial charge in [0.05, 0.1) is 12.3 Å². The fourth-order valence-electron chi connectivity index (χ4n) is 4.46. The second-order valence-corrected chi connectivity index (χ2v) is 9.80. The van der Waals surface area contributed by atoms with Gasteiger partial charge in [0.15, 0.2) is 0 Å². The Balaban J connectivity index is 1.82. The Labute approximate surface area is 171 Å². The molecule has 1 N–H and O–H groups in total.